The van der Waals surface area contributed by atoms with Gasteiger partial charge in [-0.2, -0.15) is 0 Å². The Morgan fingerprint density at radius 1 is 1.12 bits per heavy atom. The van der Waals surface area contributed by atoms with E-state index >= 15 is 0 Å². The van der Waals surface area contributed by atoms with Gasteiger partial charge in [-0.15, -0.1) is 0 Å². The molecule has 0 saturated heterocycles. The quantitative estimate of drug-likeness (QED) is 0.593. The number of methoxy groups -OCH3 is 1. The molecule has 0 aliphatic rings. The molecule has 0 spiro atoms. The molecule has 0 fully saturated rings. The van der Waals surface area contributed by atoms with E-state index in [1.807, 2.05) is 0 Å². The fraction of sp³-hybridized carbons (Fsp3) is 0.278. The van der Waals surface area contributed by atoms with Crippen molar-refractivity contribution in [1.29, 1.82) is 0 Å². The molecule has 8 nitrogen and oxygen atoms in total. The van der Waals surface area contributed by atoms with Gasteiger partial charge in [-0.1, -0.05) is 6.07 Å². The molecule has 0 radical (unpaired) electrons. The van der Waals surface area contributed by atoms with E-state index in [4.69, 9.17) is 9.47 Å². The second kappa shape index (κ2) is 7.73. The lowest BCUT2D eigenvalue weighted by Crippen LogP contribution is -2.27. The van der Waals surface area contributed by atoms with Gasteiger partial charge in [0.15, 0.2) is 0 Å². The zero-order valence-corrected chi connectivity index (χ0v) is 15.0. The number of nitro groups is 1. The van der Waals surface area contributed by atoms with Crippen LogP contribution < -0.4 is 15.4 Å². The van der Waals surface area contributed by atoms with Crippen molar-refractivity contribution in [2.24, 2.45) is 0 Å². The van der Waals surface area contributed by atoms with Crippen LogP contribution in [0.4, 0.5) is 27.5 Å². The second-order valence-corrected chi connectivity index (χ2v) is 6.47. The Morgan fingerprint density at radius 2 is 1.81 bits per heavy atom. The van der Waals surface area contributed by atoms with Crippen molar-refractivity contribution in [2.75, 3.05) is 17.7 Å². The van der Waals surface area contributed by atoms with E-state index in [0.29, 0.717) is 22.8 Å². The highest BCUT2D eigenvalue weighted by atomic mass is 16.6. The molecule has 0 aliphatic carbocycles. The van der Waals surface area contributed by atoms with Crippen LogP contribution in [0.3, 0.4) is 0 Å². The highest BCUT2D eigenvalue weighted by molar-refractivity contribution is 5.86. The molecule has 2 rings (SSSR count). The highest BCUT2D eigenvalue weighted by Gasteiger charge is 2.17. The topological polar surface area (TPSA) is 103 Å². The molecule has 0 bridgehead atoms. The van der Waals surface area contributed by atoms with Crippen molar-refractivity contribution in [3.8, 4) is 5.75 Å². The summed E-state index contributed by atoms with van der Waals surface area (Å²) in [6.45, 7) is 5.31. The maximum Gasteiger partial charge on any atom is 0.412 e. The standard InChI is InChI=1S/C18H21N3O5/c1-18(2,3)26-17(22)20-13-7-5-6-12(10-13)19-15-9-8-14(25-4)11-16(15)21(23)24/h5-11,19H,1-4H3,(H,20,22). The summed E-state index contributed by atoms with van der Waals surface area (Å²) in [5.74, 6) is 0.391. The molecule has 2 N–H and O–H groups in total. The Labute approximate surface area is 151 Å². The van der Waals surface area contributed by atoms with Crippen molar-refractivity contribution >= 4 is 28.8 Å². The van der Waals surface area contributed by atoms with Crippen molar-refractivity contribution < 1.29 is 19.2 Å². The number of hydrogen-bond acceptors (Lipinski definition) is 6. The average molecular weight is 359 g/mol. The number of ether oxygens (including phenoxy) is 2. The third kappa shape index (κ3) is 5.37. The van der Waals surface area contributed by atoms with Gasteiger partial charge >= 0.3 is 6.09 Å². The van der Waals surface area contributed by atoms with Crippen LogP contribution in [0, 0.1) is 10.1 Å². The van der Waals surface area contributed by atoms with E-state index in [2.05, 4.69) is 10.6 Å². The summed E-state index contributed by atoms with van der Waals surface area (Å²) in [6.07, 6.45) is -0.579. The monoisotopic (exact) mass is 359 g/mol. The van der Waals surface area contributed by atoms with E-state index in [-0.39, 0.29) is 5.69 Å². The van der Waals surface area contributed by atoms with Gasteiger partial charge in [-0.25, -0.2) is 4.79 Å². The van der Waals surface area contributed by atoms with Crippen LogP contribution in [-0.2, 0) is 4.74 Å². The number of hydrogen-bond donors (Lipinski definition) is 2. The van der Waals surface area contributed by atoms with Crippen molar-refractivity contribution in [3.05, 3.63) is 52.6 Å². The minimum Gasteiger partial charge on any atom is -0.496 e. The van der Waals surface area contributed by atoms with Gasteiger partial charge in [0.25, 0.3) is 5.69 Å². The number of carbonyl (C=O) groups is 1. The minimum absolute atomic E-state index is 0.116. The van der Waals surface area contributed by atoms with Gasteiger partial charge in [0.1, 0.15) is 17.0 Å². The summed E-state index contributed by atoms with van der Waals surface area (Å²) >= 11 is 0. The number of anilines is 3. The Hall–Kier alpha value is -3.29. The van der Waals surface area contributed by atoms with Crippen LogP contribution in [0.2, 0.25) is 0 Å². The molecule has 2 aromatic rings. The molecule has 0 unspecified atom stereocenters. The minimum atomic E-state index is -0.607. The Kier molecular flexibility index (Phi) is 5.66. The summed E-state index contributed by atoms with van der Waals surface area (Å²) < 4.78 is 10.2. The molecule has 138 valence electrons. The highest BCUT2D eigenvalue weighted by Crippen LogP contribution is 2.32. The van der Waals surface area contributed by atoms with Crippen molar-refractivity contribution in [2.45, 2.75) is 26.4 Å². The van der Waals surface area contributed by atoms with Crippen LogP contribution in [-0.4, -0.2) is 23.7 Å². The van der Waals surface area contributed by atoms with Crippen LogP contribution in [0.1, 0.15) is 20.8 Å². The molecular formula is C18H21N3O5. The molecule has 0 aromatic heterocycles. The molecular weight excluding hydrogens is 338 g/mol. The van der Waals surface area contributed by atoms with E-state index < -0.39 is 16.6 Å². The predicted molar refractivity (Wildman–Crippen MR) is 99.2 cm³/mol. The molecule has 8 heteroatoms. The Bertz CT molecular complexity index is 815. The van der Waals surface area contributed by atoms with Gasteiger partial charge in [0.05, 0.1) is 18.1 Å². The first-order valence-electron chi connectivity index (χ1n) is 7.87. The van der Waals surface area contributed by atoms with Crippen LogP contribution in [0.5, 0.6) is 5.75 Å². The lowest BCUT2D eigenvalue weighted by molar-refractivity contribution is -0.384. The van der Waals surface area contributed by atoms with Gasteiger partial charge in [-0.3, -0.25) is 15.4 Å². The Balaban J connectivity index is 2.19. The smallest absolute Gasteiger partial charge is 0.412 e. The largest absolute Gasteiger partial charge is 0.496 e. The molecule has 0 saturated carbocycles. The average Bonchev–Trinajstić information content (AvgIpc) is 2.53. The van der Waals surface area contributed by atoms with E-state index in [0.717, 1.165) is 0 Å². The number of benzene rings is 2. The number of nitro benzene ring substituents is 1. The molecule has 26 heavy (non-hydrogen) atoms. The summed E-state index contributed by atoms with van der Waals surface area (Å²) in [5, 5.41) is 16.9. The summed E-state index contributed by atoms with van der Waals surface area (Å²) in [4.78, 5) is 22.6. The maximum atomic E-state index is 11.9. The summed E-state index contributed by atoms with van der Waals surface area (Å²) in [5.41, 5.74) is 0.663. The predicted octanol–water partition coefficient (Wildman–Crippen LogP) is 4.69. The van der Waals surface area contributed by atoms with Crippen molar-refractivity contribution in [1.82, 2.24) is 0 Å². The van der Waals surface area contributed by atoms with E-state index in [9.17, 15) is 14.9 Å². The molecule has 0 heterocycles. The lowest BCUT2D eigenvalue weighted by Gasteiger charge is -2.19. The lowest BCUT2D eigenvalue weighted by atomic mass is 10.2. The van der Waals surface area contributed by atoms with Crippen LogP contribution >= 0.6 is 0 Å². The number of rotatable bonds is 5. The number of nitrogens with zero attached hydrogens (tertiary/aromatic N) is 1. The maximum absolute atomic E-state index is 11.9. The zero-order valence-electron chi connectivity index (χ0n) is 15.0. The van der Waals surface area contributed by atoms with Gasteiger partial charge in [0.2, 0.25) is 0 Å². The fourth-order valence-electron chi connectivity index (χ4n) is 2.15. The first-order chi connectivity index (χ1) is 12.2. The van der Waals surface area contributed by atoms with Gasteiger partial charge in [0, 0.05) is 11.4 Å². The van der Waals surface area contributed by atoms with E-state index in [1.54, 1.807) is 57.2 Å². The number of nitrogens with one attached hydrogen (secondary N) is 2. The van der Waals surface area contributed by atoms with Gasteiger partial charge in [-0.05, 0) is 51.1 Å². The van der Waals surface area contributed by atoms with E-state index in [1.165, 1.54) is 13.2 Å². The number of carbonyl (C=O) groups excluding carboxylic acids is 1. The molecule has 0 aliphatic heterocycles. The third-order valence-electron chi connectivity index (χ3n) is 3.19. The zero-order chi connectivity index (χ0) is 19.3. The van der Waals surface area contributed by atoms with Crippen LogP contribution in [0.15, 0.2) is 42.5 Å². The normalized spacial score (nSPS) is 10.8. The fourth-order valence-corrected chi connectivity index (χ4v) is 2.15. The summed E-state index contributed by atoms with van der Waals surface area (Å²) in [6, 6.07) is 11.3. The SMILES string of the molecule is COc1ccc(Nc2cccc(NC(=O)OC(C)(C)C)c2)c([N+](=O)[O-])c1. The third-order valence-corrected chi connectivity index (χ3v) is 3.19. The summed E-state index contributed by atoms with van der Waals surface area (Å²) in [7, 11) is 1.44. The Morgan fingerprint density at radius 3 is 2.42 bits per heavy atom. The molecule has 1 amide bonds. The van der Waals surface area contributed by atoms with Crippen LogP contribution in [0.25, 0.3) is 0 Å². The first-order valence-corrected chi connectivity index (χ1v) is 7.87. The number of amides is 1. The molecule has 2 aromatic carbocycles. The van der Waals surface area contributed by atoms with Gasteiger partial charge < -0.3 is 14.8 Å². The van der Waals surface area contributed by atoms with Crippen molar-refractivity contribution in [3.63, 3.8) is 0 Å². The second-order valence-electron chi connectivity index (χ2n) is 6.47. The molecule has 0 atom stereocenters. The first kappa shape index (κ1) is 19.0.